The van der Waals surface area contributed by atoms with E-state index in [9.17, 15) is 18.8 Å². The molecule has 0 aliphatic carbocycles. The number of terminal acetylenes is 1. The van der Waals surface area contributed by atoms with Crippen molar-refractivity contribution in [3.63, 3.8) is 0 Å². The molecule has 2 amide bonds. The first-order valence-corrected chi connectivity index (χ1v) is 9.81. The number of rotatable bonds is 5. The summed E-state index contributed by atoms with van der Waals surface area (Å²) in [6.45, 7) is 8.72. The molecule has 8 heteroatoms. The maximum absolute atomic E-state index is 13.5. The number of nitrogens with one attached hydrogen (secondary N) is 2. The van der Waals surface area contributed by atoms with Crippen LogP contribution in [0.2, 0.25) is 0 Å². The Morgan fingerprint density at radius 3 is 2.38 bits per heavy atom. The number of amides is 2. The lowest BCUT2D eigenvalue weighted by Crippen LogP contribution is -2.45. The molecule has 2 aromatic rings. The van der Waals surface area contributed by atoms with E-state index in [-0.39, 0.29) is 22.5 Å². The van der Waals surface area contributed by atoms with E-state index in [2.05, 4.69) is 16.6 Å². The predicted octanol–water partition coefficient (Wildman–Crippen LogP) is 3.25. The van der Waals surface area contributed by atoms with Gasteiger partial charge in [0.25, 0.3) is 17.6 Å². The van der Waals surface area contributed by atoms with Crippen LogP contribution in [0.4, 0.5) is 10.1 Å². The normalized spacial score (nSPS) is 11.8. The van der Waals surface area contributed by atoms with Crippen molar-refractivity contribution in [1.82, 2.24) is 9.88 Å². The zero-order chi connectivity index (χ0) is 24.4. The zero-order valence-corrected chi connectivity index (χ0v) is 18.9. The summed E-state index contributed by atoms with van der Waals surface area (Å²) in [5.74, 6) is -0.444. The van der Waals surface area contributed by atoms with Crippen molar-refractivity contribution in [3.8, 4) is 18.4 Å². The maximum atomic E-state index is 13.5. The number of Topliss-reactive ketones (excluding diaryl/α,β-unsaturated/α-hetero) is 1. The van der Waals surface area contributed by atoms with Crippen LogP contribution in [-0.2, 0) is 11.8 Å². The Balaban J connectivity index is 2.37. The van der Waals surface area contributed by atoms with Crippen molar-refractivity contribution < 1.29 is 18.8 Å². The van der Waals surface area contributed by atoms with Gasteiger partial charge < -0.3 is 15.2 Å². The number of ketones is 1. The quantitative estimate of drug-likeness (QED) is 0.426. The highest BCUT2D eigenvalue weighted by atomic mass is 19.1. The van der Waals surface area contributed by atoms with Gasteiger partial charge in [-0.2, -0.15) is 5.26 Å². The molecule has 0 bridgehead atoms. The minimum Gasteiger partial charge on any atom is -0.343 e. The largest absolute Gasteiger partial charge is 0.343 e. The summed E-state index contributed by atoms with van der Waals surface area (Å²) in [6, 6.07) is 4.67. The van der Waals surface area contributed by atoms with E-state index in [4.69, 9.17) is 11.7 Å². The Labute approximate surface area is 186 Å². The highest BCUT2D eigenvalue weighted by Crippen LogP contribution is 2.24. The fourth-order valence-electron chi connectivity index (χ4n) is 3.33. The minimum atomic E-state index is -0.858. The molecule has 2 N–H and O–H groups in total. The number of hydrogen-bond donors (Lipinski definition) is 2. The van der Waals surface area contributed by atoms with E-state index < -0.39 is 34.9 Å². The van der Waals surface area contributed by atoms with Crippen LogP contribution in [0.5, 0.6) is 0 Å². The molecule has 1 aromatic heterocycles. The van der Waals surface area contributed by atoms with Gasteiger partial charge in [-0.25, -0.2) is 4.39 Å². The van der Waals surface area contributed by atoms with Gasteiger partial charge in [-0.3, -0.25) is 14.4 Å². The van der Waals surface area contributed by atoms with Crippen LogP contribution in [-0.4, -0.2) is 28.2 Å². The zero-order valence-electron chi connectivity index (χ0n) is 18.9. The van der Waals surface area contributed by atoms with Gasteiger partial charge >= 0.3 is 0 Å². The SMILES string of the molecule is C#CC(NC(=O)C(=O)c1c(C)c(C(=O)Nc2ccc(F)c(C#N)c2)n(C)c1C)C(C)(C)C. The molecule has 0 aliphatic rings. The number of halogens is 1. The van der Waals surface area contributed by atoms with Gasteiger partial charge in [-0.15, -0.1) is 6.42 Å². The Morgan fingerprint density at radius 2 is 1.84 bits per heavy atom. The van der Waals surface area contributed by atoms with Crippen molar-refractivity contribution in [2.24, 2.45) is 12.5 Å². The van der Waals surface area contributed by atoms with Crippen molar-refractivity contribution in [2.75, 3.05) is 5.32 Å². The molecular formula is C24H25FN4O3. The summed E-state index contributed by atoms with van der Waals surface area (Å²) in [5, 5.41) is 14.1. The second-order valence-corrected chi connectivity index (χ2v) is 8.52. The second kappa shape index (κ2) is 9.07. The van der Waals surface area contributed by atoms with E-state index in [1.165, 1.54) is 16.7 Å². The summed E-state index contributed by atoms with van der Waals surface area (Å²) in [4.78, 5) is 38.5. The van der Waals surface area contributed by atoms with E-state index in [0.717, 1.165) is 6.07 Å². The van der Waals surface area contributed by atoms with Gasteiger partial charge in [0, 0.05) is 18.4 Å². The van der Waals surface area contributed by atoms with Crippen molar-refractivity contribution in [1.29, 1.82) is 5.26 Å². The van der Waals surface area contributed by atoms with Crippen LogP contribution < -0.4 is 10.6 Å². The lowest BCUT2D eigenvalue weighted by Gasteiger charge is -2.26. The Kier molecular flexibility index (Phi) is 6.90. The number of carbonyl (C=O) groups is 3. The third kappa shape index (κ3) is 4.70. The Bertz CT molecular complexity index is 1190. The third-order valence-corrected chi connectivity index (χ3v) is 5.23. The van der Waals surface area contributed by atoms with Gasteiger partial charge in [0.15, 0.2) is 0 Å². The van der Waals surface area contributed by atoms with E-state index in [1.54, 1.807) is 27.0 Å². The van der Waals surface area contributed by atoms with Gasteiger partial charge in [0.2, 0.25) is 0 Å². The van der Waals surface area contributed by atoms with Crippen molar-refractivity contribution >= 4 is 23.3 Å². The van der Waals surface area contributed by atoms with Crippen LogP contribution in [0.1, 0.15) is 58.4 Å². The van der Waals surface area contributed by atoms with Gasteiger partial charge in [-0.05, 0) is 43.0 Å². The van der Waals surface area contributed by atoms with Crippen LogP contribution >= 0.6 is 0 Å². The van der Waals surface area contributed by atoms with Crippen LogP contribution in [0.25, 0.3) is 0 Å². The fourth-order valence-corrected chi connectivity index (χ4v) is 3.33. The molecule has 1 aromatic carbocycles. The van der Waals surface area contributed by atoms with E-state index >= 15 is 0 Å². The smallest absolute Gasteiger partial charge is 0.293 e. The lowest BCUT2D eigenvalue weighted by molar-refractivity contribution is -0.117. The molecule has 0 saturated carbocycles. The first kappa shape index (κ1) is 24.4. The van der Waals surface area contributed by atoms with Crippen LogP contribution in [0.3, 0.4) is 0 Å². The average Bonchev–Trinajstić information content (AvgIpc) is 2.94. The Morgan fingerprint density at radius 1 is 1.22 bits per heavy atom. The Hall–Kier alpha value is -3.91. The molecular weight excluding hydrogens is 411 g/mol. The van der Waals surface area contributed by atoms with Gasteiger partial charge in [-0.1, -0.05) is 26.7 Å². The molecule has 1 atom stereocenters. The maximum Gasteiger partial charge on any atom is 0.293 e. The molecule has 166 valence electrons. The number of nitriles is 1. The second-order valence-electron chi connectivity index (χ2n) is 8.52. The fraction of sp³-hybridized carbons (Fsp3) is 0.333. The molecule has 1 heterocycles. The van der Waals surface area contributed by atoms with E-state index in [1.807, 2.05) is 20.8 Å². The average molecular weight is 436 g/mol. The molecule has 0 radical (unpaired) electrons. The van der Waals surface area contributed by atoms with Crippen LogP contribution in [0.15, 0.2) is 18.2 Å². The number of carbonyl (C=O) groups excluding carboxylic acids is 3. The standard InChI is InChI=1S/C24H25FN4O3/c1-8-18(24(4,5)6)28-23(32)21(30)19-13(2)20(29(7)14(19)3)22(31)27-16-9-10-17(25)15(11-16)12-26/h1,9-11,18H,2-7H3,(H,27,31)(H,28,32). The highest BCUT2D eigenvalue weighted by molar-refractivity contribution is 6.43. The molecule has 32 heavy (non-hydrogen) atoms. The molecule has 2 rings (SSSR count). The summed E-state index contributed by atoms with van der Waals surface area (Å²) >= 11 is 0. The monoisotopic (exact) mass is 436 g/mol. The summed E-state index contributed by atoms with van der Waals surface area (Å²) < 4.78 is 15.0. The first-order chi connectivity index (χ1) is 14.8. The highest BCUT2D eigenvalue weighted by Gasteiger charge is 2.31. The number of benzene rings is 1. The summed E-state index contributed by atoms with van der Waals surface area (Å²) in [7, 11) is 1.59. The molecule has 0 fully saturated rings. The van der Waals surface area contributed by atoms with Crippen LogP contribution in [0, 0.1) is 48.8 Å². The number of hydrogen-bond acceptors (Lipinski definition) is 4. The van der Waals surface area contributed by atoms with Crippen molar-refractivity contribution in [2.45, 2.75) is 40.7 Å². The number of nitrogens with zero attached hydrogens (tertiary/aromatic N) is 2. The molecule has 0 spiro atoms. The molecule has 1 unspecified atom stereocenters. The predicted molar refractivity (Wildman–Crippen MR) is 119 cm³/mol. The molecule has 0 aliphatic heterocycles. The number of aromatic nitrogens is 1. The van der Waals surface area contributed by atoms with Crippen molar-refractivity contribution in [3.05, 3.63) is 52.1 Å². The topological polar surface area (TPSA) is 104 Å². The van der Waals surface area contributed by atoms with E-state index in [0.29, 0.717) is 11.3 Å². The molecule has 7 nitrogen and oxygen atoms in total. The van der Waals surface area contributed by atoms with Gasteiger partial charge in [0.05, 0.1) is 17.2 Å². The number of anilines is 1. The minimum absolute atomic E-state index is 0.108. The third-order valence-electron chi connectivity index (χ3n) is 5.23. The molecule has 0 saturated heterocycles. The first-order valence-electron chi connectivity index (χ1n) is 9.81. The summed E-state index contributed by atoms with van der Waals surface area (Å²) in [5.41, 5.74) is 0.572. The lowest BCUT2D eigenvalue weighted by atomic mass is 9.87. The summed E-state index contributed by atoms with van der Waals surface area (Å²) in [6.07, 6.45) is 5.50. The van der Waals surface area contributed by atoms with Gasteiger partial charge in [0.1, 0.15) is 17.6 Å².